The summed E-state index contributed by atoms with van der Waals surface area (Å²) < 4.78 is 46.8. The van der Waals surface area contributed by atoms with Gasteiger partial charge in [0.1, 0.15) is 11.6 Å². The van der Waals surface area contributed by atoms with Crippen LogP contribution >= 0.6 is 11.6 Å². The molecule has 0 aliphatic carbocycles. The molecule has 1 saturated heterocycles. The number of hydrogen-bond donors (Lipinski definition) is 1. The monoisotopic (exact) mass is 433 g/mol. The highest BCUT2D eigenvalue weighted by Gasteiger charge is 2.54. The molecule has 0 spiro atoms. The van der Waals surface area contributed by atoms with Crippen LogP contribution in [0.4, 0.5) is 4.39 Å². The van der Waals surface area contributed by atoms with Gasteiger partial charge in [0.05, 0.1) is 44.5 Å². The van der Waals surface area contributed by atoms with Crippen molar-refractivity contribution in [1.82, 2.24) is 4.72 Å². The van der Waals surface area contributed by atoms with Gasteiger partial charge >= 0.3 is 7.12 Å². The summed E-state index contributed by atoms with van der Waals surface area (Å²) in [5.41, 5.74) is -0.998. The fraction of sp³-hybridized carbons (Fsp3) is 0.684. The molecule has 1 heterocycles. The highest BCUT2D eigenvalue weighted by molar-refractivity contribution is 7.84. The largest absolute Gasteiger partial charge is 0.493 e. The minimum Gasteiger partial charge on any atom is -0.493 e. The molecule has 1 aromatic carbocycles. The zero-order valence-corrected chi connectivity index (χ0v) is 19.2. The molecule has 0 bridgehead atoms. The Labute approximate surface area is 175 Å². The lowest BCUT2D eigenvalue weighted by Crippen LogP contribution is -2.50. The van der Waals surface area contributed by atoms with Gasteiger partial charge in [-0.15, -0.1) is 0 Å². The van der Waals surface area contributed by atoms with Crippen LogP contribution in [0.2, 0.25) is 5.02 Å². The maximum Gasteiger partial charge on any atom is 0.477 e. The van der Waals surface area contributed by atoms with E-state index in [2.05, 4.69) is 4.72 Å². The van der Waals surface area contributed by atoms with Crippen molar-refractivity contribution >= 4 is 29.7 Å². The van der Waals surface area contributed by atoms with Crippen molar-refractivity contribution in [3.8, 4) is 5.75 Å². The van der Waals surface area contributed by atoms with Crippen molar-refractivity contribution < 1.29 is 22.6 Å². The molecule has 9 heteroatoms. The van der Waals surface area contributed by atoms with Crippen LogP contribution in [0.25, 0.3) is 0 Å². The van der Waals surface area contributed by atoms with Gasteiger partial charge in [0.2, 0.25) is 0 Å². The van der Waals surface area contributed by atoms with Gasteiger partial charge in [-0.25, -0.2) is 13.3 Å². The smallest absolute Gasteiger partial charge is 0.477 e. The van der Waals surface area contributed by atoms with E-state index in [9.17, 15) is 8.60 Å². The van der Waals surface area contributed by atoms with Gasteiger partial charge in [0, 0.05) is 6.07 Å². The van der Waals surface area contributed by atoms with Gasteiger partial charge in [-0.05, 0) is 67.0 Å². The van der Waals surface area contributed by atoms with E-state index in [-0.39, 0.29) is 17.6 Å². The van der Waals surface area contributed by atoms with Gasteiger partial charge in [0.15, 0.2) is 0 Å². The van der Waals surface area contributed by atoms with E-state index in [4.69, 9.17) is 25.6 Å². The van der Waals surface area contributed by atoms with Crippen molar-refractivity contribution in [2.75, 3.05) is 6.61 Å². The van der Waals surface area contributed by atoms with Gasteiger partial charge in [0.25, 0.3) is 0 Å². The Morgan fingerprint density at radius 2 is 1.82 bits per heavy atom. The van der Waals surface area contributed by atoms with Crippen molar-refractivity contribution in [3.05, 3.63) is 29.0 Å². The lowest BCUT2D eigenvalue weighted by atomic mass is 9.77. The highest BCUT2D eigenvalue weighted by atomic mass is 35.5. The summed E-state index contributed by atoms with van der Waals surface area (Å²) in [6, 6.07) is 4.30. The zero-order valence-electron chi connectivity index (χ0n) is 17.6. The molecule has 28 heavy (non-hydrogen) atoms. The van der Waals surface area contributed by atoms with Crippen molar-refractivity contribution in [3.63, 3.8) is 0 Å². The van der Waals surface area contributed by atoms with E-state index in [1.165, 1.54) is 12.1 Å². The standard InChI is InChI=1S/C19H30BClFNO4S/c1-17(2,3)28(24)23-16(20-26-18(4,5)19(6,7)27-20)10-11-25-13-8-9-14(21)15(22)12-13/h8-9,12,16,23H,10-11H2,1-7H3/t16-,28+/m1/s1. The fourth-order valence-electron chi connectivity index (χ4n) is 2.49. The Hall–Kier alpha value is -0.665. The van der Waals surface area contributed by atoms with Crippen LogP contribution in [0.5, 0.6) is 5.75 Å². The minimum atomic E-state index is -1.31. The van der Waals surface area contributed by atoms with Crippen molar-refractivity contribution in [2.45, 2.75) is 76.8 Å². The van der Waals surface area contributed by atoms with Gasteiger partial charge in [-0.1, -0.05) is 11.6 Å². The first-order chi connectivity index (χ1) is 12.7. The Morgan fingerprint density at radius 1 is 1.25 bits per heavy atom. The van der Waals surface area contributed by atoms with Gasteiger partial charge in [-0.3, -0.25) is 0 Å². The van der Waals surface area contributed by atoms with Crippen LogP contribution in [0.1, 0.15) is 54.9 Å². The van der Waals surface area contributed by atoms with Crippen LogP contribution in [0.15, 0.2) is 18.2 Å². The number of hydrogen-bond acceptors (Lipinski definition) is 4. The van der Waals surface area contributed by atoms with Crippen molar-refractivity contribution in [1.29, 1.82) is 0 Å². The fourth-order valence-corrected chi connectivity index (χ4v) is 3.46. The Balaban J connectivity index is 2.08. The molecule has 0 aromatic heterocycles. The summed E-state index contributed by atoms with van der Waals surface area (Å²) in [7, 11) is -1.89. The molecule has 5 nitrogen and oxygen atoms in total. The Bertz CT molecular complexity index is 710. The lowest BCUT2D eigenvalue weighted by molar-refractivity contribution is 0.00578. The second-order valence-electron chi connectivity index (χ2n) is 8.94. The van der Waals surface area contributed by atoms with Crippen LogP contribution < -0.4 is 9.46 Å². The van der Waals surface area contributed by atoms with Crippen LogP contribution in [0, 0.1) is 5.82 Å². The topological polar surface area (TPSA) is 56.8 Å². The van der Waals surface area contributed by atoms with Crippen LogP contribution in [-0.2, 0) is 20.3 Å². The molecule has 1 aliphatic rings. The Morgan fingerprint density at radius 3 is 2.32 bits per heavy atom. The third kappa shape index (κ3) is 5.69. The molecule has 0 saturated carbocycles. The Kier molecular flexibility index (Phi) is 7.25. The zero-order chi connectivity index (χ0) is 21.3. The normalized spacial score (nSPS) is 20.8. The molecule has 0 radical (unpaired) electrons. The average molecular weight is 434 g/mol. The van der Waals surface area contributed by atoms with E-state index in [1.807, 2.05) is 48.5 Å². The van der Waals surface area contributed by atoms with Gasteiger partial charge in [-0.2, -0.15) is 0 Å². The lowest BCUT2D eigenvalue weighted by Gasteiger charge is -2.32. The number of ether oxygens (including phenoxy) is 1. The predicted octanol–water partition coefficient (Wildman–Crippen LogP) is 4.30. The quantitative estimate of drug-likeness (QED) is 0.651. The summed E-state index contributed by atoms with van der Waals surface area (Å²) in [6.45, 7) is 13.8. The third-order valence-corrected chi connectivity index (χ3v) is 6.94. The molecule has 2 rings (SSSR count). The molecule has 1 aromatic rings. The summed E-state index contributed by atoms with van der Waals surface area (Å²) in [5, 5.41) is 0.0460. The molecule has 0 unspecified atom stereocenters. The number of halogens is 2. The van der Waals surface area contributed by atoms with E-state index in [0.29, 0.717) is 12.2 Å². The first-order valence-corrected chi connectivity index (χ1v) is 10.9. The van der Waals surface area contributed by atoms with E-state index < -0.39 is 39.9 Å². The third-order valence-electron chi connectivity index (χ3n) is 5.00. The molecule has 2 atom stereocenters. The number of rotatable bonds is 7. The molecule has 1 N–H and O–H groups in total. The second kappa shape index (κ2) is 8.60. The average Bonchev–Trinajstić information content (AvgIpc) is 2.76. The molecular formula is C19H30BClFNO4S. The SMILES string of the molecule is CC(C)(C)[S@](=O)N[C@H](CCOc1ccc(Cl)c(F)c1)B1OC(C)(C)C(C)(C)O1. The summed E-state index contributed by atoms with van der Waals surface area (Å²) in [6.07, 6.45) is 0.461. The highest BCUT2D eigenvalue weighted by Crippen LogP contribution is 2.38. The van der Waals surface area contributed by atoms with Crippen LogP contribution in [0.3, 0.4) is 0 Å². The minimum absolute atomic E-state index is 0.0460. The van der Waals surface area contributed by atoms with E-state index in [0.717, 1.165) is 0 Å². The summed E-state index contributed by atoms with van der Waals surface area (Å²) in [4.78, 5) is 0. The molecule has 0 amide bonds. The van der Waals surface area contributed by atoms with Crippen LogP contribution in [-0.4, -0.2) is 39.8 Å². The molecule has 1 aliphatic heterocycles. The summed E-state index contributed by atoms with van der Waals surface area (Å²) >= 11 is 5.70. The molecule has 158 valence electrons. The second-order valence-corrected chi connectivity index (χ2v) is 11.3. The maximum atomic E-state index is 13.6. The number of nitrogens with one attached hydrogen (secondary N) is 1. The first-order valence-electron chi connectivity index (χ1n) is 9.34. The van der Waals surface area contributed by atoms with Gasteiger partial charge < -0.3 is 14.0 Å². The van der Waals surface area contributed by atoms with E-state index in [1.54, 1.807) is 6.07 Å². The number of benzene rings is 1. The first kappa shape index (κ1) is 23.6. The molecular weight excluding hydrogens is 404 g/mol. The van der Waals surface area contributed by atoms with E-state index >= 15 is 0 Å². The maximum absolute atomic E-state index is 13.6. The summed E-state index contributed by atoms with van der Waals surface area (Å²) in [5.74, 6) is -0.515. The predicted molar refractivity (Wildman–Crippen MR) is 112 cm³/mol. The molecule has 1 fully saturated rings. The van der Waals surface area contributed by atoms with Crippen molar-refractivity contribution in [2.24, 2.45) is 0 Å².